The molecule has 2 N–H and O–H groups in total. The van der Waals surface area contributed by atoms with Gasteiger partial charge >= 0.3 is 5.84 Å². The number of nitrogens with zero attached hydrogens (tertiary/aromatic N) is 7. The van der Waals surface area contributed by atoms with Crippen LogP contribution in [-0.2, 0) is 6.54 Å². The van der Waals surface area contributed by atoms with E-state index < -0.39 is 0 Å². The first-order valence-electron chi connectivity index (χ1n) is 9.97. The van der Waals surface area contributed by atoms with Crippen molar-refractivity contribution in [1.29, 1.82) is 5.26 Å². The third-order valence-corrected chi connectivity index (χ3v) is 6.07. The molecule has 0 unspecified atom stereocenters. The van der Waals surface area contributed by atoms with Crippen molar-refractivity contribution in [1.82, 2.24) is 15.2 Å². The molecule has 0 bridgehead atoms. The van der Waals surface area contributed by atoms with Crippen LogP contribution in [-0.4, -0.2) is 34.0 Å². The van der Waals surface area contributed by atoms with Gasteiger partial charge in [0.2, 0.25) is 5.13 Å². The third-order valence-electron chi connectivity index (χ3n) is 5.27. The van der Waals surface area contributed by atoms with E-state index in [4.69, 9.17) is 11.0 Å². The van der Waals surface area contributed by atoms with Crippen molar-refractivity contribution in [3.8, 4) is 16.6 Å². The van der Waals surface area contributed by atoms with Gasteiger partial charge in [0.05, 0.1) is 23.4 Å². The van der Waals surface area contributed by atoms with Gasteiger partial charge in [0.25, 0.3) is 5.91 Å². The molecule has 0 saturated carbocycles. The highest BCUT2D eigenvalue weighted by Gasteiger charge is 2.29. The predicted molar refractivity (Wildman–Crippen MR) is 124 cm³/mol. The van der Waals surface area contributed by atoms with Gasteiger partial charge < -0.3 is 10.6 Å². The van der Waals surface area contributed by atoms with Crippen LogP contribution in [0, 0.1) is 11.3 Å². The van der Waals surface area contributed by atoms with Crippen molar-refractivity contribution in [2.45, 2.75) is 6.54 Å². The Labute approximate surface area is 193 Å². The van der Waals surface area contributed by atoms with E-state index in [0.29, 0.717) is 28.6 Å². The minimum Gasteiger partial charge on any atom is -0.374 e. The maximum atomic E-state index is 13.1. The van der Waals surface area contributed by atoms with E-state index >= 15 is 0 Å². The van der Waals surface area contributed by atoms with Gasteiger partial charge in [0.1, 0.15) is 11.2 Å². The Hall–Kier alpha value is -4.49. The number of fused-ring (bicyclic) bond motifs is 1. The second-order valence-electron chi connectivity index (χ2n) is 7.32. The number of carbonyl (C=O) groups excluding carboxylic acids is 1. The summed E-state index contributed by atoms with van der Waals surface area (Å²) in [6.45, 7) is 0.483. The van der Waals surface area contributed by atoms with Gasteiger partial charge in [-0.15, -0.1) is 10.2 Å². The highest BCUT2D eigenvalue weighted by molar-refractivity contribution is 7.18. The second kappa shape index (κ2) is 8.22. The molecule has 0 radical (unpaired) electrons. The fourth-order valence-corrected chi connectivity index (χ4v) is 4.11. The number of anilines is 2. The molecule has 0 fully saturated rings. The molecule has 4 aromatic rings. The monoisotopic (exact) mass is 453 g/mol. The molecule has 1 aliphatic heterocycles. The van der Waals surface area contributed by atoms with Gasteiger partial charge in [-0.2, -0.15) is 9.83 Å². The Morgan fingerprint density at radius 2 is 1.85 bits per heavy atom. The molecule has 9 nitrogen and oxygen atoms in total. The van der Waals surface area contributed by atoms with E-state index in [9.17, 15) is 4.79 Å². The number of hydrogen-bond acceptors (Lipinski definition) is 8. The first kappa shape index (κ1) is 20.4. The number of carbonyl (C=O) groups is 1. The number of aromatic nitrogens is 4. The van der Waals surface area contributed by atoms with Gasteiger partial charge in [-0.1, -0.05) is 28.5 Å². The van der Waals surface area contributed by atoms with Crippen molar-refractivity contribution in [3.05, 3.63) is 83.4 Å². The normalized spacial score (nSPS) is 12.1. The minimum absolute atomic E-state index is 0.259. The smallest absolute Gasteiger partial charge is 0.330 e. The maximum Gasteiger partial charge on any atom is 0.330 e. The fraction of sp³-hybridized carbons (Fsp3) is 0.0870. The lowest BCUT2D eigenvalue weighted by molar-refractivity contribution is -0.557. The zero-order valence-corrected chi connectivity index (χ0v) is 18.3. The summed E-state index contributed by atoms with van der Waals surface area (Å²) in [5, 5.41) is 18.1. The van der Waals surface area contributed by atoms with Crippen molar-refractivity contribution in [2.24, 2.45) is 4.99 Å². The summed E-state index contributed by atoms with van der Waals surface area (Å²) in [6.07, 6.45) is 3.39. The van der Waals surface area contributed by atoms with Gasteiger partial charge in [0.15, 0.2) is 17.9 Å². The highest BCUT2D eigenvalue weighted by Crippen LogP contribution is 2.25. The van der Waals surface area contributed by atoms with Crippen molar-refractivity contribution in [2.75, 3.05) is 17.7 Å². The summed E-state index contributed by atoms with van der Waals surface area (Å²) in [6, 6.07) is 16.7. The number of benzene rings is 2. The molecule has 1 aliphatic rings. The number of nitriles is 1. The van der Waals surface area contributed by atoms with Crippen molar-refractivity contribution < 1.29 is 9.36 Å². The SMILES string of the molecule is CN(C(=O)c1c[n+]2c(cn1)CN=C2c1ccc(-c2nnc(N)s2)cc1)c1ccc(C#N)cc1. The lowest BCUT2D eigenvalue weighted by Crippen LogP contribution is -2.45. The first-order valence-corrected chi connectivity index (χ1v) is 10.8. The molecule has 0 saturated heterocycles. The van der Waals surface area contributed by atoms with Gasteiger partial charge in [-0.25, -0.2) is 4.98 Å². The summed E-state index contributed by atoms with van der Waals surface area (Å²) < 4.78 is 1.89. The van der Waals surface area contributed by atoms with Gasteiger partial charge in [-0.3, -0.25) is 4.79 Å². The van der Waals surface area contributed by atoms with Crippen LogP contribution in [0.1, 0.15) is 27.3 Å². The fourth-order valence-electron chi connectivity index (χ4n) is 3.49. The molecule has 2 aromatic heterocycles. The Bertz CT molecular complexity index is 1430. The van der Waals surface area contributed by atoms with E-state index in [1.807, 2.05) is 28.8 Å². The summed E-state index contributed by atoms with van der Waals surface area (Å²) in [4.78, 5) is 23.6. The lowest BCUT2D eigenvalue weighted by Gasteiger charge is -2.16. The number of hydrogen-bond donors (Lipinski definition) is 1. The van der Waals surface area contributed by atoms with Crippen LogP contribution >= 0.6 is 11.3 Å². The molecule has 5 rings (SSSR count). The molecule has 0 aliphatic carbocycles. The predicted octanol–water partition coefficient (Wildman–Crippen LogP) is 2.43. The Kier molecular flexibility index (Phi) is 5.08. The Balaban J connectivity index is 1.41. The Morgan fingerprint density at radius 1 is 1.12 bits per heavy atom. The topological polar surface area (TPSA) is 125 Å². The second-order valence-corrected chi connectivity index (χ2v) is 8.33. The van der Waals surface area contributed by atoms with E-state index in [-0.39, 0.29) is 5.91 Å². The van der Waals surface area contributed by atoms with E-state index in [2.05, 4.69) is 26.2 Å². The maximum absolute atomic E-state index is 13.1. The average Bonchev–Trinajstić information content (AvgIpc) is 3.49. The molecule has 33 heavy (non-hydrogen) atoms. The molecule has 3 heterocycles. The average molecular weight is 454 g/mol. The zero-order chi connectivity index (χ0) is 22.9. The summed E-state index contributed by atoms with van der Waals surface area (Å²) in [5.41, 5.74) is 9.90. The quantitative estimate of drug-likeness (QED) is 0.473. The molecule has 160 valence electrons. The van der Waals surface area contributed by atoms with Crippen LogP contribution in [0.25, 0.3) is 10.6 Å². The van der Waals surface area contributed by atoms with Crippen molar-refractivity contribution >= 4 is 33.9 Å². The molecule has 2 aromatic carbocycles. The highest BCUT2D eigenvalue weighted by atomic mass is 32.1. The van der Waals surface area contributed by atoms with Crippen LogP contribution in [0.15, 0.2) is 65.9 Å². The standard InChI is InChI=1S/C23H17N8OS/c1-30(17-8-2-14(10-24)3-9-17)22(32)19-13-31-18(11-26-19)12-27-20(31)15-4-6-16(7-5-15)21-28-29-23(25)33-21/h2-9,11,13H,12H2,1H3,(H2,25,29)/q+1. The van der Waals surface area contributed by atoms with E-state index in [1.54, 1.807) is 43.7 Å². The van der Waals surface area contributed by atoms with Crippen LogP contribution in [0.4, 0.5) is 10.8 Å². The molecule has 0 spiro atoms. The summed E-state index contributed by atoms with van der Waals surface area (Å²) >= 11 is 1.33. The van der Waals surface area contributed by atoms with Crippen LogP contribution in [0.5, 0.6) is 0 Å². The zero-order valence-electron chi connectivity index (χ0n) is 17.5. The lowest BCUT2D eigenvalue weighted by atomic mass is 10.1. The van der Waals surface area contributed by atoms with Crippen LogP contribution in [0.2, 0.25) is 0 Å². The third kappa shape index (κ3) is 3.81. The Morgan fingerprint density at radius 3 is 2.52 bits per heavy atom. The number of aliphatic imine (C=N–C) groups is 1. The van der Waals surface area contributed by atoms with E-state index in [0.717, 1.165) is 27.7 Å². The van der Waals surface area contributed by atoms with Gasteiger partial charge in [-0.05, 0) is 36.4 Å². The minimum atomic E-state index is -0.259. The number of nitrogen functional groups attached to an aromatic ring is 1. The van der Waals surface area contributed by atoms with Crippen LogP contribution in [0.3, 0.4) is 0 Å². The number of rotatable bonds is 4. The molecule has 1 amide bonds. The van der Waals surface area contributed by atoms with Crippen molar-refractivity contribution in [3.63, 3.8) is 0 Å². The summed E-state index contributed by atoms with van der Waals surface area (Å²) in [5.74, 6) is 0.483. The van der Waals surface area contributed by atoms with Crippen LogP contribution < -0.4 is 15.2 Å². The number of nitrogens with two attached hydrogens (primary N) is 1. The largest absolute Gasteiger partial charge is 0.374 e. The van der Waals surface area contributed by atoms with Gasteiger partial charge in [0, 0.05) is 18.3 Å². The molecule has 0 atom stereocenters. The molecular formula is C23H17N8OS+. The molecule has 10 heteroatoms. The number of amides is 1. The first-order chi connectivity index (χ1) is 16.0. The summed E-state index contributed by atoms with van der Waals surface area (Å²) in [7, 11) is 1.68. The van der Waals surface area contributed by atoms with E-state index in [1.165, 1.54) is 16.2 Å². The molecular weight excluding hydrogens is 436 g/mol.